The van der Waals surface area contributed by atoms with Crippen molar-refractivity contribution in [1.29, 1.82) is 0 Å². The van der Waals surface area contributed by atoms with Crippen LogP contribution in [0.4, 0.5) is 5.69 Å². The molecule has 1 atom stereocenters. The summed E-state index contributed by atoms with van der Waals surface area (Å²) in [6.07, 6.45) is 5.03. The highest BCUT2D eigenvalue weighted by molar-refractivity contribution is 7.92. The first-order chi connectivity index (χ1) is 20.6. The van der Waals surface area contributed by atoms with Gasteiger partial charge in [0.15, 0.2) is 11.5 Å². The number of para-hydroxylation sites is 1. The minimum atomic E-state index is -4.26. The Hall–Kier alpha value is -3.76. The first-order valence-corrected chi connectivity index (χ1v) is 16.1. The fourth-order valence-corrected chi connectivity index (χ4v) is 6.85. The molecule has 0 heterocycles. The van der Waals surface area contributed by atoms with Gasteiger partial charge < -0.3 is 19.7 Å². The van der Waals surface area contributed by atoms with Crippen molar-refractivity contribution < 1.29 is 27.5 Å². The molecule has 1 aliphatic rings. The van der Waals surface area contributed by atoms with Gasteiger partial charge in [0.05, 0.1) is 24.8 Å². The molecule has 3 aromatic rings. The smallest absolute Gasteiger partial charge is 0.264 e. The van der Waals surface area contributed by atoms with Crippen molar-refractivity contribution in [1.82, 2.24) is 10.2 Å². The van der Waals surface area contributed by atoms with Crippen LogP contribution in [0.5, 0.6) is 11.5 Å². The maximum Gasteiger partial charge on any atom is 0.264 e. The number of nitrogens with one attached hydrogen (secondary N) is 1. The van der Waals surface area contributed by atoms with Gasteiger partial charge in [-0.1, -0.05) is 61.2 Å². The van der Waals surface area contributed by atoms with Crippen LogP contribution in [0.3, 0.4) is 0 Å². The molecule has 0 unspecified atom stereocenters. The molecule has 1 fully saturated rings. The second kappa shape index (κ2) is 14.6. The van der Waals surface area contributed by atoms with E-state index in [0.717, 1.165) is 36.4 Å². The van der Waals surface area contributed by atoms with E-state index in [2.05, 4.69) is 5.32 Å². The van der Waals surface area contributed by atoms with Gasteiger partial charge in [-0.05, 0) is 61.7 Å². The summed E-state index contributed by atoms with van der Waals surface area (Å²) in [6, 6.07) is 18.9. The van der Waals surface area contributed by atoms with Gasteiger partial charge >= 0.3 is 0 Å². The number of hydrogen-bond acceptors (Lipinski definition) is 6. The van der Waals surface area contributed by atoms with Crippen molar-refractivity contribution in [2.45, 2.75) is 62.6 Å². The first-order valence-electron chi connectivity index (χ1n) is 14.3. The normalized spacial score (nSPS) is 14.4. The van der Waals surface area contributed by atoms with Gasteiger partial charge in [0, 0.05) is 23.7 Å². The third-order valence-corrected chi connectivity index (χ3v) is 9.63. The standard InChI is InChI=1S/C32H38ClN3O6S/c1-23(32(38)34-26-13-6-4-7-14-26)35(21-24-11-10-12-25(33)19-24)31(37)22-36(27-15-8-5-9-16-27)43(39,40)28-17-18-29(41-2)30(20-28)42-3/h5,8-12,15-20,23,26H,4,6-7,13-14,21-22H2,1-3H3,(H,34,38)/t23-/m1/s1. The Morgan fingerprint density at radius 2 is 1.63 bits per heavy atom. The topological polar surface area (TPSA) is 105 Å². The van der Waals surface area contributed by atoms with Crippen LogP contribution in [0.25, 0.3) is 0 Å². The number of sulfonamides is 1. The molecule has 43 heavy (non-hydrogen) atoms. The van der Waals surface area contributed by atoms with Crippen LogP contribution in [0, 0.1) is 0 Å². The van der Waals surface area contributed by atoms with Crippen molar-refractivity contribution in [2.75, 3.05) is 25.1 Å². The zero-order valence-corrected chi connectivity index (χ0v) is 26.2. The lowest BCUT2D eigenvalue weighted by atomic mass is 9.95. The van der Waals surface area contributed by atoms with Crippen molar-refractivity contribution in [3.05, 3.63) is 83.4 Å². The largest absolute Gasteiger partial charge is 0.493 e. The molecule has 0 aromatic heterocycles. The molecule has 1 saturated carbocycles. The minimum absolute atomic E-state index is 0.0538. The Labute approximate surface area is 258 Å². The van der Waals surface area contributed by atoms with Crippen LogP contribution < -0.4 is 19.1 Å². The third-order valence-electron chi connectivity index (χ3n) is 7.63. The summed E-state index contributed by atoms with van der Waals surface area (Å²) in [6.45, 7) is 1.19. The number of ether oxygens (including phenoxy) is 2. The number of amides is 2. The van der Waals surface area contributed by atoms with E-state index in [1.807, 2.05) is 6.07 Å². The fraction of sp³-hybridized carbons (Fsp3) is 0.375. The minimum Gasteiger partial charge on any atom is -0.493 e. The van der Waals surface area contributed by atoms with Crippen LogP contribution in [-0.2, 0) is 26.2 Å². The number of nitrogens with zero attached hydrogens (tertiary/aromatic N) is 2. The number of carbonyl (C=O) groups is 2. The van der Waals surface area contributed by atoms with E-state index < -0.39 is 28.5 Å². The van der Waals surface area contributed by atoms with E-state index in [-0.39, 0.29) is 29.1 Å². The predicted octanol–water partition coefficient (Wildman–Crippen LogP) is 5.42. The Kier molecular flexibility index (Phi) is 10.9. The lowest BCUT2D eigenvalue weighted by molar-refractivity contribution is -0.139. The second-order valence-electron chi connectivity index (χ2n) is 10.5. The van der Waals surface area contributed by atoms with Crippen molar-refractivity contribution >= 4 is 39.1 Å². The molecule has 0 bridgehead atoms. The maximum atomic E-state index is 14.1. The monoisotopic (exact) mass is 627 g/mol. The van der Waals surface area contributed by atoms with E-state index in [4.69, 9.17) is 21.1 Å². The molecule has 0 spiro atoms. The number of hydrogen-bond donors (Lipinski definition) is 1. The second-order valence-corrected chi connectivity index (χ2v) is 12.8. The molecule has 0 aliphatic heterocycles. The molecule has 0 saturated heterocycles. The molecule has 1 N–H and O–H groups in total. The van der Waals surface area contributed by atoms with E-state index in [1.54, 1.807) is 55.5 Å². The lowest BCUT2D eigenvalue weighted by Crippen LogP contribution is -2.53. The Morgan fingerprint density at radius 1 is 0.930 bits per heavy atom. The molecular weight excluding hydrogens is 590 g/mol. The summed E-state index contributed by atoms with van der Waals surface area (Å²) in [5, 5.41) is 3.59. The van der Waals surface area contributed by atoms with Gasteiger partial charge in [-0.2, -0.15) is 0 Å². The molecule has 1 aliphatic carbocycles. The Balaban J connectivity index is 1.68. The summed E-state index contributed by atoms with van der Waals surface area (Å²) in [5.74, 6) is -0.219. The van der Waals surface area contributed by atoms with E-state index in [9.17, 15) is 18.0 Å². The highest BCUT2D eigenvalue weighted by Crippen LogP contribution is 2.32. The summed E-state index contributed by atoms with van der Waals surface area (Å²) in [5.41, 5.74) is 1.01. The molecule has 230 valence electrons. The van der Waals surface area contributed by atoms with Gasteiger partial charge in [0.2, 0.25) is 11.8 Å². The molecule has 2 amide bonds. The Morgan fingerprint density at radius 3 is 2.28 bits per heavy atom. The fourth-order valence-electron chi connectivity index (χ4n) is 5.21. The number of anilines is 1. The van der Waals surface area contributed by atoms with Crippen molar-refractivity contribution in [3.8, 4) is 11.5 Å². The van der Waals surface area contributed by atoms with Crippen molar-refractivity contribution in [3.63, 3.8) is 0 Å². The molecular formula is C32H38ClN3O6S. The van der Waals surface area contributed by atoms with Crippen LogP contribution >= 0.6 is 11.6 Å². The maximum absolute atomic E-state index is 14.1. The summed E-state index contributed by atoms with van der Waals surface area (Å²) >= 11 is 6.23. The van der Waals surface area contributed by atoms with Crippen molar-refractivity contribution in [2.24, 2.45) is 0 Å². The van der Waals surface area contributed by atoms with Gasteiger partial charge in [-0.25, -0.2) is 8.42 Å². The molecule has 3 aromatic carbocycles. The molecule has 9 nitrogen and oxygen atoms in total. The SMILES string of the molecule is COc1ccc(S(=O)(=O)N(CC(=O)N(Cc2cccc(Cl)c2)[C@H](C)C(=O)NC2CCCCC2)c2ccccc2)cc1OC. The molecule has 0 radical (unpaired) electrons. The van der Waals surface area contributed by atoms with Gasteiger partial charge in [-0.3, -0.25) is 13.9 Å². The lowest BCUT2D eigenvalue weighted by Gasteiger charge is -2.33. The predicted molar refractivity (Wildman–Crippen MR) is 167 cm³/mol. The number of rotatable bonds is 12. The van der Waals surface area contributed by atoms with Gasteiger partial charge in [-0.15, -0.1) is 0 Å². The first kappa shape index (κ1) is 32.2. The van der Waals surface area contributed by atoms with Gasteiger partial charge in [0.25, 0.3) is 10.0 Å². The Bertz CT molecular complexity index is 1510. The van der Waals surface area contributed by atoms with Gasteiger partial charge in [0.1, 0.15) is 12.6 Å². The third kappa shape index (κ3) is 8.00. The number of methoxy groups -OCH3 is 2. The summed E-state index contributed by atoms with van der Waals surface area (Å²) in [7, 11) is -1.38. The van der Waals surface area contributed by atoms with E-state index >= 15 is 0 Å². The average molecular weight is 628 g/mol. The highest BCUT2D eigenvalue weighted by Gasteiger charge is 2.33. The molecule has 4 rings (SSSR count). The van der Waals surface area contributed by atoms with Crippen LogP contribution in [0.2, 0.25) is 5.02 Å². The average Bonchev–Trinajstić information content (AvgIpc) is 3.02. The number of benzene rings is 3. The zero-order chi connectivity index (χ0) is 31.0. The summed E-state index contributed by atoms with van der Waals surface area (Å²) < 4.78 is 39.8. The van der Waals surface area contributed by atoms with E-state index in [1.165, 1.54) is 37.3 Å². The molecule has 11 heteroatoms. The number of halogens is 1. The quantitative estimate of drug-likeness (QED) is 0.288. The number of carbonyl (C=O) groups excluding carboxylic acids is 2. The van der Waals surface area contributed by atoms with Crippen LogP contribution in [0.15, 0.2) is 77.7 Å². The van der Waals surface area contributed by atoms with Crippen LogP contribution in [0.1, 0.15) is 44.6 Å². The summed E-state index contributed by atoms with van der Waals surface area (Å²) in [4.78, 5) is 28.9. The zero-order valence-electron chi connectivity index (χ0n) is 24.7. The highest BCUT2D eigenvalue weighted by atomic mass is 35.5. The van der Waals surface area contributed by atoms with Crippen LogP contribution in [-0.4, -0.2) is 58.0 Å². The van der Waals surface area contributed by atoms with E-state index in [0.29, 0.717) is 22.0 Å².